The molecule has 18 valence electrons. The van der Waals surface area contributed by atoms with Crippen LogP contribution in [-0.2, 0) is 57.0 Å². The van der Waals surface area contributed by atoms with E-state index in [-0.39, 0.29) is 102 Å². The van der Waals surface area contributed by atoms with Gasteiger partial charge in [0.25, 0.3) is 0 Å². The molecule has 1 nitrogen and oxygen atoms in total. The molecule has 0 atom stereocenters. The fourth-order valence-electron chi connectivity index (χ4n) is 0. The van der Waals surface area contributed by atoms with Gasteiger partial charge < -0.3 is 2.85 Å². The Balaban J connectivity index is -0.000000000833. The van der Waals surface area contributed by atoms with E-state index in [1.807, 2.05) is 0 Å². The Bertz CT molecular complexity index is 13.5. The summed E-state index contributed by atoms with van der Waals surface area (Å²) < 4.78 is 8.36. The average Bonchev–Trinajstić information content (AvgIpc) is 1.00. The standard InChI is InChI=1S/O.Sr.Ta.Y.2H/q;+2;;;2*-1. The van der Waals surface area contributed by atoms with Crippen molar-refractivity contribution >= 4 is 45.5 Å². The van der Waals surface area contributed by atoms with Gasteiger partial charge >= 0.3 is 69.8 Å². The van der Waals surface area contributed by atoms with E-state index in [0.717, 1.165) is 0 Å². The Hall–Kier alpha value is 3.12. The Morgan fingerprint density at radius 1 is 1.50 bits per heavy atom. The van der Waals surface area contributed by atoms with Gasteiger partial charge in [0.1, 0.15) is 0 Å². The molecule has 0 rings (SSSR count). The summed E-state index contributed by atoms with van der Waals surface area (Å²) in [7, 11) is 0. The second-order valence-electron chi connectivity index (χ2n) is 0. The van der Waals surface area contributed by atoms with Crippen molar-refractivity contribution in [1.29, 1.82) is 0 Å². The summed E-state index contributed by atoms with van der Waals surface area (Å²) in [6, 6.07) is 0. The molecule has 0 aliphatic carbocycles. The molecule has 0 N–H and O–H groups in total. The van der Waals surface area contributed by atoms with Crippen LogP contribution >= 0.6 is 0 Å². The van der Waals surface area contributed by atoms with Crippen LogP contribution in [0.15, 0.2) is 0 Å². The zero-order valence-corrected chi connectivity index (χ0v) is 11.7. The van der Waals surface area contributed by atoms with Crippen molar-refractivity contribution in [2.45, 2.75) is 0 Å². The van der Waals surface area contributed by atoms with Crippen molar-refractivity contribution < 1.29 is 59.9 Å². The largest absolute Gasteiger partial charge is 2.00 e. The maximum atomic E-state index is 8.36. The molecule has 0 saturated heterocycles. The van der Waals surface area contributed by atoms with E-state index in [1.165, 1.54) is 0 Å². The van der Waals surface area contributed by atoms with Gasteiger partial charge in [-0.15, -0.1) is 0 Å². The van der Waals surface area contributed by atoms with Crippen LogP contribution in [-0.4, -0.2) is 45.5 Å². The Kier molecular flexibility index (Phi) is 64.7. The second kappa shape index (κ2) is 16.5. The molecule has 0 fully saturated rings. The molecule has 0 saturated carbocycles. The zero-order valence-electron chi connectivity index (χ0n) is 4.14. The summed E-state index contributed by atoms with van der Waals surface area (Å²) >= 11 is 0.194. The monoisotopic (exact) mass is 376 g/mol. The van der Waals surface area contributed by atoms with Gasteiger partial charge in [-0.05, 0) is 0 Å². The van der Waals surface area contributed by atoms with Gasteiger partial charge in [-0.25, -0.2) is 0 Å². The van der Waals surface area contributed by atoms with Crippen LogP contribution in [0.4, 0.5) is 0 Å². The van der Waals surface area contributed by atoms with E-state index < -0.39 is 0 Å². The summed E-state index contributed by atoms with van der Waals surface area (Å²) in [4.78, 5) is 0. The molecule has 0 aliphatic rings. The van der Waals surface area contributed by atoms with Crippen LogP contribution in [0.3, 0.4) is 0 Å². The minimum Gasteiger partial charge on any atom is 0 e. The fraction of sp³-hybridized carbons (Fsp3) is 0. The van der Waals surface area contributed by atoms with Gasteiger partial charge in [-0.3, -0.25) is 0 Å². The van der Waals surface area contributed by atoms with Crippen molar-refractivity contribution in [2.75, 3.05) is 0 Å². The molecule has 0 aliphatic heterocycles. The molecule has 0 unspecified atom stereocenters. The maximum absolute atomic E-state index is 8.36. The third kappa shape index (κ3) is 8.93. The topological polar surface area (TPSA) is 17.1 Å². The quantitative estimate of drug-likeness (QED) is 0.533. The second-order valence-corrected chi connectivity index (χ2v) is 0. The van der Waals surface area contributed by atoms with Crippen molar-refractivity contribution in [3.63, 3.8) is 0 Å². The third-order valence-corrected chi connectivity index (χ3v) is 0. The predicted molar refractivity (Wildman–Crippen MR) is 8.66 cm³/mol. The molecule has 4 heteroatoms. The van der Waals surface area contributed by atoms with E-state index in [0.29, 0.717) is 0 Å². The summed E-state index contributed by atoms with van der Waals surface area (Å²) in [6.45, 7) is 0. The van der Waals surface area contributed by atoms with Crippen LogP contribution < -0.4 is 0 Å². The molecule has 1 radical (unpaired) electrons. The third-order valence-electron chi connectivity index (χ3n) is 0. The molecular weight excluding hydrogens is 373 g/mol. The first-order valence-electron chi connectivity index (χ1n) is 0.183. The molecular formula is H2OSrTaY. The molecule has 0 amide bonds. The number of hydrogen-bond donors (Lipinski definition) is 0. The summed E-state index contributed by atoms with van der Waals surface area (Å²) in [5.74, 6) is 0. The Morgan fingerprint density at radius 2 is 1.50 bits per heavy atom. The molecule has 0 aromatic rings. The van der Waals surface area contributed by atoms with Crippen LogP contribution in [0, 0.1) is 0 Å². The summed E-state index contributed by atoms with van der Waals surface area (Å²) in [6.07, 6.45) is 0. The molecule has 0 heterocycles. The molecule has 0 aromatic carbocycles. The Morgan fingerprint density at radius 3 is 1.50 bits per heavy atom. The van der Waals surface area contributed by atoms with E-state index in [4.69, 9.17) is 3.25 Å². The predicted octanol–water partition coefficient (Wildman–Crippen LogP) is -0.280. The van der Waals surface area contributed by atoms with Crippen LogP contribution in [0.25, 0.3) is 0 Å². The Labute approximate surface area is 103 Å². The average molecular weight is 375 g/mol. The zero-order chi connectivity index (χ0) is 2.00. The van der Waals surface area contributed by atoms with Crippen LogP contribution in [0.2, 0.25) is 0 Å². The van der Waals surface area contributed by atoms with E-state index >= 15 is 0 Å². The molecule has 0 spiro atoms. The van der Waals surface area contributed by atoms with Crippen molar-refractivity contribution in [3.8, 4) is 0 Å². The van der Waals surface area contributed by atoms with Gasteiger partial charge in [0.05, 0.1) is 0 Å². The van der Waals surface area contributed by atoms with Gasteiger partial charge in [0.2, 0.25) is 0 Å². The first-order chi connectivity index (χ1) is 1.00. The minimum absolute atomic E-state index is 0. The van der Waals surface area contributed by atoms with Crippen molar-refractivity contribution in [2.24, 2.45) is 0 Å². The maximum Gasteiger partial charge on any atom is 2.00 e. The van der Waals surface area contributed by atoms with E-state index in [1.54, 1.807) is 0 Å². The van der Waals surface area contributed by atoms with Gasteiger partial charge in [0, 0.05) is 32.7 Å². The van der Waals surface area contributed by atoms with Gasteiger partial charge in [0.15, 0.2) is 0 Å². The first kappa shape index (κ1) is 15.7. The number of rotatable bonds is 0. The SMILES string of the molecule is [H-].[H-].[O]=[Ta].[Sr+2].[Y]. The smallest absolute Gasteiger partial charge is 0 e. The normalized spacial score (nSPS) is 0.750. The summed E-state index contributed by atoms with van der Waals surface area (Å²) in [5.41, 5.74) is 0. The molecule has 0 aromatic heterocycles. The van der Waals surface area contributed by atoms with E-state index in [2.05, 4.69) is 0 Å². The molecule has 4 heavy (non-hydrogen) atoms. The van der Waals surface area contributed by atoms with Crippen LogP contribution in [0.1, 0.15) is 2.85 Å². The van der Waals surface area contributed by atoms with Gasteiger partial charge in [-0.1, -0.05) is 0 Å². The van der Waals surface area contributed by atoms with Crippen molar-refractivity contribution in [1.82, 2.24) is 0 Å². The fourth-order valence-corrected chi connectivity index (χ4v) is 0. The summed E-state index contributed by atoms with van der Waals surface area (Å²) in [5, 5.41) is 0. The first-order valence-corrected chi connectivity index (χ1v) is 1.49. The number of hydrogen-bond acceptors (Lipinski definition) is 1. The van der Waals surface area contributed by atoms with Crippen molar-refractivity contribution in [3.05, 3.63) is 0 Å². The van der Waals surface area contributed by atoms with Gasteiger partial charge in [-0.2, -0.15) is 0 Å². The van der Waals surface area contributed by atoms with E-state index in [9.17, 15) is 0 Å². The van der Waals surface area contributed by atoms with Crippen LogP contribution in [0.5, 0.6) is 0 Å². The minimum atomic E-state index is 0. The molecule has 0 bridgehead atoms.